The van der Waals surface area contributed by atoms with E-state index in [0.717, 1.165) is 37.4 Å². The van der Waals surface area contributed by atoms with Crippen molar-refractivity contribution >= 4 is 6.03 Å². The molecule has 2 amide bonds. The van der Waals surface area contributed by atoms with Crippen LogP contribution in [0.5, 0.6) is 0 Å². The molecule has 1 aliphatic rings. The fraction of sp³-hybridized carbons (Fsp3) is 0.625. The highest BCUT2D eigenvalue weighted by Gasteiger charge is 2.22. The molecule has 0 saturated carbocycles. The van der Waals surface area contributed by atoms with E-state index in [0.29, 0.717) is 12.5 Å². The molecule has 0 aliphatic carbocycles. The number of likely N-dealkylation sites (tertiary alicyclic amines) is 1. The topological polar surface area (TPSA) is 45.2 Å². The average molecular weight is 275 g/mol. The lowest BCUT2D eigenvalue weighted by Gasteiger charge is -2.23. The van der Waals surface area contributed by atoms with Crippen molar-refractivity contribution in [1.29, 1.82) is 0 Å². The quantitative estimate of drug-likeness (QED) is 0.922. The molecule has 110 valence electrons. The second kappa shape index (κ2) is 7.27. The number of pyridine rings is 1. The Morgan fingerprint density at radius 1 is 1.45 bits per heavy atom. The highest BCUT2D eigenvalue weighted by Crippen LogP contribution is 2.21. The van der Waals surface area contributed by atoms with E-state index in [2.05, 4.69) is 24.1 Å². The maximum Gasteiger partial charge on any atom is 0.317 e. The molecule has 1 aromatic rings. The third-order valence-electron chi connectivity index (χ3n) is 3.93. The van der Waals surface area contributed by atoms with Gasteiger partial charge in [-0.15, -0.1) is 0 Å². The standard InChI is InChI=1S/C16H25N3O/c1-13-6-9-19(12-14(2)10-13)16(20)18-8-5-15-4-3-7-17-11-15/h3-4,7,11,13-14H,5-6,8-10,12H2,1-2H3,(H,18,20). The summed E-state index contributed by atoms with van der Waals surface area (Å²) in [7, 11) is 0. The van der Waals surface area contributed by atoms with Crippen molar-refractivity contribution in [3.63, 3.8) is 0 Å². The van der Waals surface area contributed by atoms with Crippen LogP contribution in [-0.4, -0.2) is 35.5 Å². The van der Waals surface area contributed by atoms with Crippen molar-refractivity contribution in [1.82, 2.24) is 15.2 Å². The second-order valence-electron chi connectivity index (χ2n) is 6.02. The van der Waals surface area contributed by atoms with Crippen molar-refractivity contribution in [2.24, 2.45) is 11.8 Å². The van der Waals surface area contributed by atoms with E-state index in [-0.39, 0.29) is 6.03 Å². The number of hydrogen-bond acceptors (Lipinski definition) is 2. The molecular formula is C16H25N3O. The van der Waals surface area contributed by atoms with E-state index in [4.69, 9.17) is 0 Å². The minimum atomic E-state index is 0.0786. The van der Waals surface area contributed by atoms with E-state index in [1.165, 1.54) is 6.42 Å². The molecule has 2 atom stereocenters. The van der Waals surface area contributed by atoms with E-state index in [9.17, 15) is 4.79 Å². The highest BCUT2D eigenvalue weighted by atomic mass is 16.2. The first-order chi connectivity index (χ1) is 9.65. The predicted octanol–water partition coefficient (Wildman–Crippen LogP) is 2.70. The molecule has 0 spiro atoms. The molecular weight excluding hydrogens is 250 g/mol. The molecule has 4 heteroatoms. The molecule has 1 aliphatic heterocycles. The average Bonchev–Trinajstić information content (AvgIpc) is 2.60. The first kappa shape index (κ1) is 14.8. The van der Waals surface area contributed by atoms with Gasteiger partial charge in [-0.25, -0.2) is 4.79 Å². The largest absolute Gasteiger partial charge is 0.338 e. The van der Waals surface area contributed by atoms with Gasteiger partial charge >= 0.3 is 6.03 Å². The van der Waals surface area contributed by atoms with Gasteiger partial charge in [-0.1, -0.05) is 19.9 Å². The minimum Gasteiger partial charge on any atom is -0.338 e. The lowest BCUT2D eigenvalue weighted by Crippen LogP contribution is -2.42. The van der Waals surface area contributed by atoms with Gasteiger partial charge in [0.25, 0.3) is 0 Å². The van der Waals surface area contributed by atoms with E-state index in [1.54, 1.807) is 6.20 Å². The van der Waals surface area contributed by atoms with Crippen LogP contribution in [0.2, 0.25) is 0 Å². The maximum atomic E-state index is 12.2. The second-order valence-corrected chi connectivity index (χ2v) is 6.02. The van der Waals surface area contributed by atoms with Crippen molar-refractivity contribution < 1.29 is 4.79 Å². The molecule has 2 unspecified atom stereocenters. The molecule has 0 radical (unpaired) electrons. The van der Waals surface area contributed by atoms with Gasteiger partial charge in [0.2, 0.25) is 0 Å². The molecule has 2 heterocycles. The van der Waals surface area contributed by atoms with Gasteiger partial charge in [-0.05, 0) is 42.7 Å². The molecule has 1 N–H and O–H groups in total. The number of nitrogens with zero attached hydrogens (tertiary/aromatic N) is 2. The summed E-state index contributed by atoms with van der Waals surface area (Å²) < 4.78 is 0. The van der Waals surface area contributed by atoms with Gasteiger partial charge < -0.3 is 10.2 Å². The summed E-state index contributed by atoms with van der Waals surface area (Å²) in [5.41, 5.74) is 1.16. The highest BCUT2D eigenvalue weighted by molar-refractivity contribution is 5.74. The van der Waals surface area contributed by atoms with Gasteiger partial charge in [0.1, 0.15) is 0 Å². The van der Waals surface area contributed by atoms with Gasteiger partial charge in [0.05, 0.1) is 0 Å². The zero-order valence-corrected chi connectivity index (χ0v) is 12.5. The number of carbonyl (C=O) groups is 1. The minimum absolute atomic E-state index is 0.0786. The number of urea groups is 1. The van der Waals surface area contributed by atoms with Gasteiger partial charge in [-0.2, -0.15) is 0 Å². The number of amides is 2. The molecule has 20 heavy (non-hydrogen) atoms. The van der Waals surface area contributed by atoms with Crippen molar-refractivity contribution in [2.45, 2.75) is 33.1 Å². The van der Waals surface area contributed by atoms with Crippen LogP contribution >= 0.6 is 0 Å². The SMILES string of the molecule is CC1CCN(C(=O)NCCc2cccnc2)CC(C)C1. The molecule has 1 saturated heterocycles. The molecule has 0 bridgehead atoms. The summed E-state index contributed by atoms with van der Waals surface area (Å²) in [4.78, 5) is 18.2. The Morgan fingerprint density at radius 2 is 2.30 bits per heavy atom. The maximum absolute atomic E-state index is 12.2. The molecule has 0 aromatic carbocycles. The number of carbonyl (C=O) groups excluding carboxylic acids is 1. The van der Waals surface area contributed by atoms with Gasteiger partial charge in [-0.3, -0.25) is 4.98 Å². The molecule has 1 aromatic heterocycles. The van der Waals surface area contributed by atoms with E-state index < -0.39 is 0 Å². The summed E-state index contributed by atoms with van der Waals surface area (Å²) >= 11 is 0. The lowest BCUT2D eigenvalue weighted by molar-refractivity contribution is 0.194. The number of nitrogens with one attached hydrogen (secondary N) is 1. The fourth-order valence-electron chi connectivity index (χ4n) is 2.88. The monoisotopic (exact) mass is 275 g/mol. The van der Waals surface area contributed by atoms with Gasteiger partial charge in [0.15, 0.2) is 0 Å². The smallest absolute Gasteiger partial charge is 0.317 e. The Balaban J connectivity index is 1.76. The van der Waals surface area contributed by atoms with Crippen molar-refractivity contribution in [3.05, 3.63) is 30.1 Å². The third kappa shape index (κ3) is 4.51. The Hall–Kier alpha value is -1.58. The van der Waals surface area contributed by atoms with Crippen molar-refractivity contribution in [3.8, 4) is 0 Å². The molecule has 1 fully saturated rings. The predicted molar refractivity (Wildman–Crippen MR) is 80.5 cm³/mol. The van der Waals surface area contributed by atoms with Gasteiger partial charge in [0, 0.05) is 32.0 Å². The Morgan fingerprint density at radius 3 is 3.05 bits per heavy atom. The zero-order chi connectivity index (χ0) is 14.4. The van der Waals surface area contributed by atoms with Crippen LogP contribution in [0.1, 0.15) is 32.3 Å². The van der Waals surface area contributed by atoms with Crippen LogP contribution in [0, 0.1) is 11.8 Å². The molecule has 4 nitrogen and oxygen atoms in total. The summed E-state index contributed by atoms with van der Waals surface area (Å²) in [5.74, 6) is 1.31. The normalized spacial score (nSPS) is 23.2. The fourth-order valence-corrected chi connectivity index (χ4v) is 2.88. The lowest BCUT2D eigenvalue weighted by atomic mass is 9.97. The number of hydrogen-bond donors (Lipinski definition) is 1. The first-order valence-electron chi connectivity index (χ1n) is 7.57. The van der Waals surface area contributed by atoms with Crippen LogP contribution in [0.3, 0.4) is 0 Å². The Bertz CT molecular complexity index is 421. The number of aromatic nitrogens is 1. The van der Waals surface area contributed by atoms with E-state index >= 15 is 0 Å². The van der Waals surface area contributed by atoms with Crippen LogP contribution < -0.4 is 5.32 Å². The van der Waals surface area contributed by atoms with Crippen LogP contribution in [0.25, 0.3) is 0 Å². The Labute approximate surface area is 121 Å². The molecule has 2 rings (SSSR count). The summed E-state index contributed by atoms with van der Waals surface area (Å²) in [6.07, 6.45) is 6.78. The summed E-state index contributed by atoms with van der Waals surface area (Å²) in [6, 6.07) is 4.04. The van der Waals surface area contributed by atoms with Crippen LogP contribution in [0.15, 0.2) is 24.5 Å². The third-order valence-corrected chi connectivity index (χ3v) is 3.93. The van der Waals surface area contributed by atoms with Crippen LogP contribution in [0.4, 0.5) is 4.79 Å². The van der Waals surface area contributed by atoms with E-state index in [1.807, 2.05) is 23.2 Å². The van der Waals surface area contributed by atoms with Crippen molar-refractivity contribution in [2.75, 3.05) is 19.6 Å². The first-order valence-corrected chi connectivity index (χ1v) is 7.57. The zero-order valence-electron chi connectivity index (χ0n) is 12.5. The van der Waals surface area contributed by atoms with Crippen LogP contribution in [-0.2, 0) is 6.42 Å². The Kier molecular flexibility index (Phi) is 5.39. The summed E-state index contributed by atoms with van der Waals surface area (Å²) in [5, 5.41) is 3.02. The summed E-state index contributed by atoms with van der Waals surface area (Å²) in [6.45, 7) is 6.94. The number of rotatable bonds is 3.